The summed E-state index contributed by atoms with van der Waals surface area (Å²) in [6, 6.07) is 6.61. The average molecular weight is 293 g/mol. The van der Waals surface area contributed by atoms with E-state index in [1.54, 1.807) is 23.1 Å². The Hall–Kier alpha value is -1.99. The summed E-state index contributed by atoms with van der Waals surface area (Å²) in [5.74, 6) is 0.0911. The van der Waals surface area contributed by atoms with Gasteiger partial charge >= 0.3 is 0 Å². The summed E-state index contributed by atoms with van der Waals surface area (Å²) in [5, 5.41) is 14.0. The van der Waals surface area contributed by atoms with Gasteiger partial charge in [0.25, 0.3) is 5.69 Å². The van der Waals surface area contributed by atoms with Crippen molar-refractivity contribution in [1.29, 1.82) is 0 Å². The van der Waals surface area contributed by atoms with Crippen molar-refractivity contribution in [1.82, 2.24) is 10.2 Å². The first-order chi connectivity index (χ1) is 10.2. The van der Waals surface area contributed by atoms with Gasteiger partial charge in [-0.25, -0.2) is 0 Å². The lowest BCUT2D eigenvalue weighted by molar-refractivity contribution is -0.385. The first-order valence-electron chi connectivity index (χ1n) is 6.97. The number of nitro benzene ring substituents is 1. The molecular formula is C14H19N3O4. The number of hydrogen-bond acceptors (Lipinski definition) is 5. The van der Waals surface area contributed by atoms with Gasteiger partial charge in [0.1, 0.15) is 0 Å². The molecule has 2 rings (SSSR count). The highest BCUT2D eigenvalue weighted by Crippen LogP contribution is 2.16. The number of amides is 1. The maximum Gasteiger partial charge on any atom is 0.273 e. The zero-order valence-corrected chi connectivity index (χ0v) is 11.8. The summed E-state index contributed by atoms with van der Waals surface area (Å²) in [7, 11) is 0. The molecule has 0 bridgehead atoms. The van der Waals surface area contributed by atoms with Gasteiger partial charge in [0, 0.05) is 44.2 Å². The molecule has 7 nitrogen and oxygen atoms in total. The normalized spacial score (nSPS) is 15.0. The monoisotopic (exact) mass is 293 g/mol. The third-order valence-corrected chi connectivity index (χ3v) is 3.38. The number of rotatable bonds is 6. The van der Waals surface area contributed by atoms with Gasteiger partial charge in [0.15, 0.2) is 0 Å². The van der Waals surface area contributed by atoms with E-state index in [1.807, 2.05) is 0 Å². The molecule has 1 aromatic rings. The van der Waals surface area contributed by atoms with E-state index in [4.69, 9.17) is 4.74 Å². The molecule has 114 valence electrons. The number of nitrogens with one attached hydrogen (secondary N) is 1. The molecule has 0 saturated carbocycles. The molecule has 0 unspecified atom stereocenters. The summed E-state index contributed by atoms with van der Waals surface area (Å²) in [6.45, 7) is 3.35. The number of morpholine rings is 1. The summed E-state index contributed by atoms with van der Waals surface area (Å²) >= 11 is 0. The zero-order chi connectivity index (χ0) is 15.1. The molecule has 21 heavy (non-hydrogen) atoms. The van der Waals surface area contributed by atoms with Crippen molar-refractivity contribution < 1.29 is 14.5 Å². The minimum absolute atomic E-state index is 0.0911. The van der Waals surface area contributed by atoms with Crippen LogP contribution in [0.5, 0.6) is 0 Å². The van der Waals surface area contributed by atoms with Crippen molar-refractivity contribution in [2.75, 3.05) is 32.8 Å². The summed E-state index contributed by atoms with van der Waals surface area (Å²) in [5.41, 5.74) is 0.728. The predicted molar refractivity (Wildman–Crippen MR) is 76.8 cm³/mol. The van der Waals surface area contributed by atoms with Gasteiger partial charge in [-0.05, 0) is 0 Å². The second-order valence-electron chi connectivity index (χ2n) is 4.81. The van der Waals surface area contributed by atoms with E-state index >= 15 is 0 Å². The zero-order valence-electron chi connectivity index (χ0n) is 11.8. The molecule has 0 aromatic heterocycles. The Kier molecular flexibility index (Phi) is 5.65. The molecule has 1 N–H and O–H groups in total. The molecule has 7 heteroatoms. The summed E-state index contributed by atoms with van der Waals surface area (Å²) in [6.07, 6.45) is 0.390. The lowest BCUT2D eigenvalue weighted by Crippen LogP contribution is -2.41. The third-order valence-electron chi connectivity index (χ3n) is 3.38. The number of para-hydroxylation sites is 1. The molecule has 0 aliphatic carbocycles. The largest absolute Gasteiger partial charge is 0.378 e. The van der Waals surface area contributed by atoms with Crippen LogP contribution in [0.2, 0.25) is 0 Å². The van der Waals surface area contributed by atoms with E-state index in [-0.39, 0.29) is 11.6 Å². The molecule has 0 atom stereocenters. The SMILES string of the molecule is O=C(CCNCc1ccccc1[N+](=O)[O-])N1CCOCC1. The van der Waals surface area contributed by atoms with Crippen LogP contribution in [0.25, 0.3) is 0 Å². The number of nitro groups is 1. The molecule has 1 aliphatic rings. The highest BCUT2D eigenvalue weighted by Gasteiger charge is 2.16. The molecule has 1 fully saturated rings. The van der Waals surface area contributed by atoms with Gasteiger partial charge < -0.3 is 15.0 Å². The van der Waals surface area contributed by atoms with Gasteiger partial charge in [-0.3, -0.25) is 14.9 Å². The van der Waals surface area contributed by atoms with E-state index in [0.717, 1.165) is 0 Å². The van der Waals surface area contributed by atoms with Gasteiger partial charge in [-0.1, -0.05) is 18.2 Å². The van der Waals surface area contributed by atoms with Crippen LogP contribution in [0, 0.1) is 10.1 Å². The van der Waals surface area contributed by atoms with Crippen LogP contribution >= 0.6 is 0 Å². The minimum Gasteiger partial charge on any atom is -0.378 e. The van der Waals surface area contributed by atoms with Crippen LogP contribution in [0.4, 0.5) is 5.69 Å². The molecule has 1 heterocycles. The lowest BCUT2D eigenvalue weighted by atomic mass is 10.2. The Morgan fingerprint density at radius 3 is 2.76 bits per heavy atom. The van der Waals surface area contributed by atoms with E-state index in [9.17, 15) is 14.9 Å². The van der Waals surface area contributed by atoms with Crippen molar-refractivity contribution in [3.8, 4) is 0 Å². The number of carbonyl (C=O) groups excluding carboxylic acids is 1. The Morgan fingerprint density at radius 2 is 2.05 bits per heavy atom. The number of ether oxygens (including phenoxy) is 1. The van der Waals surface area contributed by atoms with Crippen LogP contribution in [0.1, 0.15) is 12.0 Å². The summed E-state index contributed by atoms with van der Waals surface area (Å²) < 4.78 is 5.20. The Bertz CT molecular complexity index is 501. The smallest absolute Gasteiger partial charge is 0.273 e. The number of benzene rings is 1. The molecule has 1 amide bonds. The lowest BCUT2D eigenvalue weighted by Gasteiger charge is -2.26. The second kappa shape index (κ2) is 7.70. The maximum atomic E-state index is 11.9. The number of nitrogens with zero attached hydrogens (tertiary/aromatic N) is 2. The molecule has 1 aliphatic heterocycles. The fraction of sp³-hybridized carbons (Fsp3) is 0.500. The fourth-order valence-corrected chi connectivity index (χ4v) is 2.23. The van der Waals surface area contributed by atoms with Crippen LogP contribution in [-0.4, -0.2) is 48.6 Å². The van der Waals surface area contributed by atoms with E-state index in [0.29, 0.717) is 51.4 Å². The standard InChI is InChI=1S/C14H19N3O4/c18-14(16-7-9-21-10-8-16)5-6-15-11-12-3-1-2-4-13(12)17(19)20/h1-4,15H,5-11H2. The second-order valence-corrected chi connectivity index (χ2v) is 4.81. The Balaban J connectivity index is 1.74. The van der Waals surface area contributed by atoms with Crippen molar-refractivity contribution in [2.24, 2.45) is 0 Å². The molecule has 1 saturated heterocycles. The highest BCUT2D eigenvalue weighted by atomic mass is 16.6. The van der Waals surface area contributed by atoms with Crippen LogP contribution in [0.15, 0.2) is 24.3 Å². The van der Waals surface area contributed by atoms with Gasteiger partial charge in [0.2, 0.25) is 5.91 Å². The van der Waals surface area contributed by atoms with Gasteiger partial charge in [0.05, 0.1) is 18.1 Å². The predicted octanol–water partition coefficient (Wildman–Crippen LogP) is 0.933. The third kappa shape index (κ3) is 4.51. The first-order valence-corrected chi connectivity index (χ1v) is 6.97. The topological polar surface area (TPSA) is 84.7 Å². The minimum atomic E-state index is -0.393. The number of hydrogen-bond donors (Lipinski definition) is 1. The highest BCUT2D eigenvalue weighted by molar-refractivity contribution is 5.76. The molecular weight excluding hydrogens is 274 g/mol. The van der Waals surface area contributed by atoms with Crippen molar-refractivity contribution in [3.05, 3.63) is 39.9 Å². The maximum absolute atomic E-state index is 11.9. The van der Waals surface area contributed by atoms with Gasteiger partial charge in [-0.2, -0.15) is 0 Å². The van der Waals surface area contributed by atoms with Crippen LogP contribution in [0.3, 0.4) is 0 Å². The van der Waals surface area contributed by atoms with E-state index < -0.39 is 4.92 Å². The molecule has 0 spiro atoms. The van der Waals surface area contributed by atoms with E-state index in [1.165, 1.54) is 6.07 Å². The summed E-state index contributed by atoms with van der Waals surface area (Å²) in [4.78, 5) is 24.2. The van der Waals surface area contributed by atoms with Gasteiger partial charge in [-0.15, -0.1) is 0 Å². The van der Waals surface area contributed by atoms with Crippen LogP contribution < -0.4 is 5.32 Å². The Labute approximate surface area is 123 Å². The molecule has 0 radical (unpaired) electrons. The number of carbonyl (C=O) groups is 1. The van der Waals surface area contributed by atoms with Crippen molar-refractivity contribution >= 4 is 11.6 Å². The Morgan fingerprint density at radius 1 is 1.33 bits per heavy atom. The fourth-order valence-electron chi connectivity index (χ4n) is 2.23. The molecule has 1 aromatic carbocycles. The van der Waals surface area contributed by atoms with Crippen molar-refractivity contribution in [2.45, 2.75) is 13.0 Å². The van der Waals surface area contributed by atoms with E-state index in [2.05, 4.69) is 5.32 Å². The van der Waals surface area contributed by atoms with Crippen molar-refractivity contribution in [3.63, 3.8) is 0 Å². The first kappa shape index (κ1) is 15.4. The van der Waals surface area contributed by atoms with Crippen LogP contribution in [-0.2, 0) is 16.1 Å². The quantitative estimate of drug-likeness (QED) is 0.479. The average Bonchev–Trinajstić information content (AvgIpc) is 2.52.